The Morgan fingerprint density at radius 2 is 2.33 bits per heavy atom. The van der Waals surface area contributed by atoms with Crippen LogP contribution in [0.1, 0.15) is 6.92 Å². The summed E-state index contributed by atoms with van der Waals surface area (Å²) in [6.45, 7) is 4.10. The highest BCUT2D eigenvalue weighted by molar-refractivity contribution is 5.95. The molecule has 0 bridgehead atoms. The summed E-state index contributed by atoms with van der Waals surface area (Å²) in [5, 5.41) is 10.2. The maximum atomic E-state index is 12.4. The predicted molar refractivity (Wildman–Crippen MR) is 42.6 cm³/mol. The van der Waals surface area contributed by atoms with Crippen molar-refractivity contribution < 1.29 is 9.31 Å². The lowest BCUT2D eigenvalue weighted by Crippen LogP contribution is -2.21. The highest BCUT2D eigenvalue weighted by Gasteiger charge is 2.20. The summed E-state index contributed by atoms with van der Waals surface area (Å²) < 4.78 is 12.4. The maximum absolute atomic E-state index is 12.4. The molecule has 0 unspecified atom stereocenters. The number of hydrogen-bond donors (Lipinski definition) is 1. The Kier molecular flexibility index (Phi) is 3.61. The molecule has 0 aromatic carbocycles. The van der Waals surface area contributed by atoms with Gasteiger partial charge in [-0.15, -0.1) is 0 Å². The number of allylic oxidation sites excluding steroid dienone is 1. The zero-order chi connectivity index (χ0) is 9.72. The lowest BCUT2D eigenvalue weighted by Gasteiger charge is -1.95. The van der Waals surface area contributed by atoms with Crippen LogP contribution in [0.4, 0.5) is 4.39 Å². The van der Waals surface area contributed by atoms with Crippen LogP contribution in [0.2, 0.25) is 0 Å². The maximum Gasteiger partial charge on any atom is 0.341 e. The van der Waals surface area contributed by atoms with Crippen molar-refractivity contribution in [2.45, 2.75) is 6.92 Å². The molecule has 0 aliphatic rings. The molecule has 0 spiro atoms. The Morgan fingerprint density at radius 1 is 1.83 bits per heavy atom. The van der Waals surface area contributed by atoms with E-state index in [1.807, 2.05) is 0 Å². The summed E-state index contributed by atoms with van der Waals surface area (Å²) >= 11 is 0. The van der Waals surface area contributed by atoms with Crippen LogP contribution in [0.25, 0.3) is 0 Å². The minimum Gasteiger partial charge on any atom is -0.378 e. The van der Waals surface area contributed by atoms with E-state index in [4.69, 9.17) is 5.73 Å². The zero-order valence-electron chi connectivity index (χ0n) is 6.45. The number of nitrogens with zero attached hydrogens (tertiary/aromatic N) is 2. The van der Waals surface area contributed by atoms with Crippen molar-refractivity contribution in [2.75, 3.05) is 0 Å². The predicted octanol–water partition coefficient (Wildman–Crippen LogP) is 0.965. The van der Waals surface area contributed by atoms with Crippen molar-refractivity contribution in [3.8, 4) is 0 Å². The van der Waals surface area contributed by atoms with E-state index in [-0.39, 0.29) is 0 Å². The summed E-state index contributed by atoms with van der Waals surface area (Å²) in [4.78, 5) is 12.5. The fourth-order valence-corrected chi connectivity index (χ4v) is 0.555. The first-order chi connectivity index (χ1) is 5.50. The second-order valence-electron chi connectivity index (χ2n) is 1.84. The van der Waals surface area contributed by atoms with Crippen LogP contribution in [0.15, 0.2) is 29.3 Å². The Bertz CT molecular complexity index is 266. The topological polar surface area (TPSA) is 81.5 Å². The van der Waals surface area contributed by atoms with E-state index < -0.39 is 22.3 Å². The molecular weight excluding hydrogens is 165 g/mol. The van der Waals surface area contributed by atoms with Crippen LogP contribution >= 0.6 is 0 Å². The molecule has 0 radical (unpaired) electrons. The fourth-order valence-electron chi connectivity index (χ4n) is 0.555. The molecule has 0 fully saturated rings. The van der Waals surface area contributed by atoms with Gasteiger partial charge in [0, 0.05) is 6.20 Å². The normalized spacial score (nSPS) is 13.7. The third-order valence-electron chi connectivity index (χ3n) is 0.982. The van der Waals surface area contributed by atoms with Gasteiger partial charge in [-0.3, -0.25) is 10.1 Å². The summed E-state index contributed by atoms with van der Waals surface area (Å²) in [5.41, 5.74) is 4.25. The number of amidine groups is 1. The van der Waals surface area contributed by atoms with E-state index >= 15 is 0 Å². The van der Waals surface area contributed by atoms with E-state index in [2.05, 4.69) is 11.6 Å². The number of hydrogen-bond acceptors (Lipinski definition) is 3. The average molecular weight is 173 g/mol. The van der Waals surface area contributed by atoms with Crippen LogP contribution in [0, 0.1) is 10.1 Å². The minimum atomic E-state index is -0.983. The second-order valence-corrected chi connectivity index (χ2v) is 1.84. The summed E-state index contributed by atoms with van der Waals surface area (Å²) in [7, 11) is 0. The SMILES string of the molecule is C=CN=C(N)/C(=C(\C)F)[N+](=O)[O-]. The van der Waals surface area contributed by atoms with E-state index in [1.165, 1.54) is 0 Å². The summed E-state index contributed by atoms with van der Waals surface area (Å²) in [5.74, 6) is -1.47. The third-order valence-corrected chi connectivity index (χ3v) is 0.982. The lowest BCUT2D eigenvalue weighted by atomic mass is 10.4. The van der Waals surface area contributed by atoms with Crippen LogP contribution in [0.5, 0.6) is 0 Å². The van der Waals surface area contributed by atoms with Gasteiger partial charge >= 0.3 is 5.70 Å². The molecule has 12 heavy (non-hydrogen) atoms. The molecule has 66 valence electrons. The fraction of sp³-hybridized carbons (Fsp3) is 0.167. The third kappa shape index (κ3) is 2.49. The highest BCUT2D eigenvalue weighted by Crippen LogP contribution is 2.05. The monoisotopic (exact) mass is 173 g/mol. The second kappa shape index (κ2) is 4.22. The van der Waals surface area contributed by atoms with E-state index in [0.717, 1.165) is 13.1 Å². The van der Waals surface area contributed by atoms with Gasteiger partial charge in [0.05, 0.1) is 4.92 Å². The largest absolute Gasteiger partial charge is 0.378 e. The Labute approximate surface area is 68.2 Å². The van der Waals surface area contributed by atoms with Crippen molar-refractivity contribution in [3.63, 3.8) is 0 Å². The van der Waals surface area contributed by atoms with Crippen molar-refractivity contribution in [1.82, 2.24) is 0 Å². The molecular formula is C6H8FN3O2. The standard InChI is InChI=1S/C6H8FN3O2/c1-3-9-6(8)5(4(2)7)10(11)12/h3H,1H2,2H3,(H2,8,9)/b5-4-. The van der Waals surface area contributed by atoms with Crippen molar-refractivity contribution in [1.29, 1.82) is 0 Å². The van der Waals surface area contributed by atoms with Gasteiger partial charge in [0.1, 0.15) is 0 Å². The van der Waals surface area contributed by atoms with Gasteiger partial charge in [-0.1, -0.05) is 6.58 Å². The first-order valence-electron chi connectivity index (χ1n) is 2.96. The molecule has 0 aliphatic carbocycles. The van der Waals surface area contributed by atoms with Crippen LogP contribution in [-0.4, -0.2) is 10.8 Å². The van der Waals surface area contributed by atoms with Gasteiger partial charge in [-0.25, -0.2) is 9.38 Å². The highest BCUT2D eigenvalue weighted by atomic mass is 19.1. The van der Waals surface area contributed by atoms with Gasteiger partial charge < -0.3 is 5.73 Å². The van der Waals surface area contributed by atoms with Gasteiger partial charge in [0.25, 0.3) is 0 Å². The average Bonchev–Trinajstić information content (AvgIpc) is 1.85. The lowest BCUT2D eigenvalue weighted by molar-refractivity contribution is -0.417. The first kappa shape index (κ1) is 10.3. The van der Waals surface area contributed by atoms with Crippen molar-refractivity contribution in [3.05, 3.63) is 34.4 Å². The molecule has 0 amide bonds. The molecule has 0 rings (SSSR count). The van der Waals surface area contributed by atoms with Gasteiger partial charge in [-0.05, 0) is 6.92 Å². The van der Waals surface area contributed by atoms with Crippen molar-refractivity contribution >= 4 is 5.84 Å². The van der Waals surface area contributed by atoms with Crippen molar-refractivity contribution in [2.24, 2.45) is 10.7 Å². The quantitative estimate of drug-likeness (QED) is 0.298. The minimum absolute atomic E-state index is 0.491. The van der Waals surface area contributed by atoms with Crippen LogP contribution in [-0.2, 0) is 0 Å². The van der Waals surface area contributed by atoms with E-state index in [9.17, 15) is 14.5 Å². The zero-order valence-corrected chi connectivity index (χ0v) is 6.45. The smallest absolute Gasteiger partial charge is 0.341 e. The van der Waals surface area contributed by atoms with Crippen LogP contribution < -0.4 is 5.73 Å². The Morgan fingerprint density at radius 3 is 2.58 bits per heavy atom. The molecule has 0 aliphatic heterocycles. The molecule has 6 heteroatoms. The van der Waals surface area contributed by atoms with Crippen LogP contribution in [0.3, 0.4) is 0 Å². The number of halogens is 1. The Hall–Kier alpha value is -1.72. The van der Waals surface area contributed by atoms with E-state index in [0.29, 0.717) is 0 Å². The summed E-state index contributed by atoms with van der Waals surface area (Å²) in [6.07, 6.45) is 1.00. The number of aliphatic imine (C=N–C) groups is 1. The molecule has 0 aromatic rings. The summed E-state index contributed by atoms with van der Waals surface area (Å²) in [6, 6.07) is 0. The first-order valence-corrected chi connectivity index (χ1v) is 2.96. The Balaban J connectivity index is 5.04. The molecule has 0 atom stereocenters. The molecule has 0 saturated heterocycles. The molecule has 5 nitrogen and oxygen atoms in total. The molecule has 0 aromatic heterocycles. The van der Waals surface area contributed by atoms with Gasteiger partial charge in [0.15, 0.2) is 5.83 Å². The molecule has 2 N–H and O–H groups in total. The number of rotatable bonds is 3. The number of nitro groups is 1. The van der Waals surface area contributed by atoms with Gasteiger partial charge in [-0.2, -0.15) is 0 Å². The molecule has 0 heterocycles. The van der Waals surface area contributed by atoms with Gasteiger partial charge in [0.2, 0.25) is 5.84 Å². The number of nitrogens with two attached hydrogens (primary N) is 1. The molecule has 0 saturated carbocycles. The van der Waals surface area contributed by atoms with E-state index in [1.54, 1.807) is 0 Å².